The highest BCUT2D eigenvalue weighted by Gasteiger charge is 2.09. The maximum Gasteiger partial charge on any atom is 0.346 e. The minimum Gasteiger partial charge on any atom is -0.478 e. The van der Waals surface area contributed by atoms with E-state index in [9.17, 15) is 9.59 Å². The normalized spacial score (nSPS) is 8.94. The molecular weight excluding hydrogens is 238 g/mol. The number of hydrogen-bond donors (Lipinski definition) is 2. The molecule has 0 unspecified atom stereocenters. The molecule has 1 heterocycles. The molecule has 0 aliphatic heterocycles. The number of aromatic nitrogens is 2. The van der Waals surface area contributed by atoms with Crippen molar-refractivity contribution in [2.75, 3.05) is 0 Å². The van der Waals surface area contributed by atoms with Crippen molar-refractivity contribution in [3.05, 3.63) is 34.0 Å². The van der Waals surface area contributed by atoms with E-state index in [-0.39, 0.29) is 13.1 Å². The smallest absolute Gasteiger partial charge is 0.346 e. The minimum absolute atomic E-state index is 0.160. The largest absolute Gasteiger partial charge is 0.478 e. The van der Waals surface area contributed by atoms with Gasteiger partial charge in [0.05, 0.1) is 5.09 Å². The Kier molecular flexibility index (Phi) is 5.71. The Labute approximate surface area is 94.1 Å². The fourth-order valence-corrected chi connectivity index (χ4v) is 0.938. The summed E-state index contributed by atoms with van der Waals surface area (Å²) in [6.07, 6.45) is 4.45. The molecule has 0 aromatic carbocycles. The molecule has 1 aromatic rings. The highest BCUT2D eigenvalue weighted by Crippen LogP contribution is 1.84. The van der Waals surface area contributed by atoms with Gasteiger partial charge >= 0.3 is 11.9 Å². The molecule has 0 fully saturated rings. The van der Waals surface area contributed by atoms with Crippen LogP contribution in [0.3, 0.4) is 0 Å². The van der Waals surface area contributed by atoms with Crippen molar-refractivity contribution in [2.45, 2.75) is 13.1 Å². The first-order valence-electron chi connectivity index (χ1n) is 4.11. The average molecular weight is 247 g/mol. The van der Waals surface area contributed by atoms with Gasteiger partial charge in [0.15, 0.2) is 13.1 Å². The van der Waals surface area contributed by atoms with Crippen LogP contribution in [-0.2, 0) is 22.7 Å². The van der Waals surface area contributed by atoms with Gasteiger partial charge in [-0.25, -0.2) is 18.7 Å². The molecule has 0 amide bonds. The highest BCUT2D eigenvalue weighted by atomic mass is 16.9. The quantitative estimate of drug-likeness (QED) is 0.381. The van der Waals surface area contributed by atoms with Gasteiger partial charge in [-0.3, -0.25) is 0 Å². The summed E-state index contributed by atoms with van der Waals surface area (Å²) in [7, 11) is 0. The molecule has 17 heavy (non-hydrogen) atoms. The number of rotatable bonds is 4. The predicted molar refractivity (Wildman–Crippen MR) is 50.3 cm³/mol. The molecule has 0 spiro atoms. The van der Waals surface area contributed by atoms with Gasteiger partial charge in [-0.05, 0) is 0 Å². The molecule has 94 valence electrons. The number of carbonyl (C=O) groups is 2. The van der Waals surface area contributed by atoms with Gasteiger partial charge in [-0.2, -0.15) is 0 Å². The fraction of sp³-hybridized carbons (Fsp3) is 0.286. The van der Waals surface area contributed by atoms with E-state index in [1.807, 2.05) is 0 Å². The van der Waals surface area contributed by atoms with E-state index in [4.69, 9.17) is 25.5 Å². The molecule has 2 N–H and O–H groups in total. The maximum atomic E-state index is 10.3. The van der Waals surface area contributed by atoms with Crippen LogP contribution < -0.4 is 4.57 Å². The highest BCUT2D eigenvalue weighted by molar-refractivity contribution is 5.66. The second-order valence-corrected chi connectivity index (χ2v) is 2.77. The standard InChI is InChI=1S/C7H8N2O4.NO3/c10-6(11)3-8-1-2-9(5-8)4-7(12)13;2-1(3)4/h1-2,5H,3-4H2,(H-,10,11,12,13);/q;-1/p+1. The molecule has 1 rings (SSSR count). The molecule has 0 aliphatic carbocycles. The average Bonchev–Trinajstić information content (AvgIpc) is 2.48. The SMILES string of the molecule is O=C(O)Cn1cc[n+](CC(=O)O)c1.O=[N+]([O-])[O-]. The van der Waals surface area contributed by atoms with E-state index in [2.05, 4.69) is 0 Å². The zero-order valence-corrected chi connectivity index (χ0v) is 8.42. The van der Waals surface area contributed by atoms with E-state index >= 15 is 0 Å². The van der Waals surface area contributed by atoms with Crippen LogP contribution in [0.15, 0.2) is 18.7 Å². The van der Waals surface area contributed by atoms with Crippen LogP contribution in [0.5, 0.6) is 0 Å². The zero-order chi connectivity index (χ0) is 13.4. The summed E-state index contributed by atoms with van der Waals surface area (Å²) < 4.78 is 2.79. The molecule has 0 bridgehead atoms. The molecule has 0 saturated carbocycles. The van der Waals surface area contributed by atoms with Crippen molar-refractivity contribution in [1.29, 1.82) is 0 Å². The Morgan fingerprint density at radius 3 is 2.24 bits per heavy atom. The number of aliphatic carboxylic acids is 2. The summed E-state index contributed by atoms with van der Waals surface area (Å²) >= 11 is 0. The van der Waals surface area contributed by atoms with Crippen LogP contribution in [0.1, 0.15) is 0 Å². The summed E-state index contributed by atoms with van der Waals surface area (Å²) in [6, 6.07) is 0. The third-order valence-corrected chi connectivity index (χ3v) is 1.38. The molecule has 0 saturated heterocycles. The molecule has 10 heteroatoms. The van der Waals surface area contributed by atoms with E-state index < -0.39 is 17.0 Å². The van der Waals surface area contributed by atoms with Gasteiger partial charge in [0.1, 0.15) is 12.4 Å². The van der Waals surface area contributed by atoms with Crippen molar-refractivity contribution in [1.82, 2.24) is 4.57 Å². The molecular formula is C7H9N3O7. The number of carboxylic acids is 2. The molecule has 10 nitrogen and oxygen atoms in total. The minimum atomic E-state index is -1.75. The van der Waals surface area contributed by atoms with E-state index in [0.717, 1.165) is 0 Å². The summed E-state index contributed by atoms with van der Waals surface area (Å²) in [5.74, 6) is -1.92. The Bertz CT molecular complexity index is 379. The van der Waals surface area contributed by atoms with Gasteiger partial charge in [0.25, 0.3) is 0 Å². The fourth-order valence-electron chi connectivity index (χ4n) is 0.938. The van der Waals surface area contributed by atoms with Crippen LogP contribution in [-0.4, -0.2) is 31.8 Å². The first-order valence-corrected chi connectivity index (χ1v) is 4.11. The van der Waals surface area contributed by atoms with Gasteiger partial charge in [0, 0.05) is 0 Å². The number of hydrogen-bond acceptors (Lipinski definition) is 5. The Morgan fingerprint density at radius 1 is 1.29 bits per heavy atom. The summed E-state index contributed by atoms with van der Waals surface area (Å²) in [4.78, 5) is 28.8. The predicted octanol–water partition coefficient (Wildman–Crippen LogP) is -1.29. The second kappa shape index (κ2) is 6.76. The Balaban J connectivity index is 0.000000557. The first kappa shape index (κ1) is 14.3. The lowest BCUT2D eigenvalue weighted by molar-refractivity contribution is -0.685. The third kappa shape index (κ3) is 8.35. The van der Waals surface area contributed by atoms with Crippen molar-refractivity contribution in [2.24, 2.45) is 0 Å². The summed E-state index contributed by atoms with van der Waals surface area (Å²) in [5, 5.41) is 31.6. The lowest BCUT2D eigenvalue weighted by Crippen LogP contribution is -2.35. The lowest BCUT2D eigenvalue weighted by atomic mass is 10.6. The molecule has 0 atom stereocenters. The van der Waals surface area contributed by atoms with Crippen molar-refractivity contribution in [3.63, 3.8) is 0 Å². The maximum absolute atomic E-state index is 10.3. The molecule has 0 aliphatic rings. The molecule has 1 aromatic heterocycles. The zero-order valence-electron chi connectivity index (χ0n) is 8.42. The summed E-state index contributed by atoms with van der Waals surface area (Å²) in [6.45, 7) is -0.320. The lowest BCUT2D eigenvalue weighted by Gasteiger charge is -1.88. The topological polar surface area (TPSA) is 150 Å². The second-order valence-electron chi connectivity index (χ2n) is 2.77. The third-order valence-electron chi connectivity index (χ3n) is 1.38. The Morgan fingerprint density at radius 2 is 1.82 bits per heavy atom. The summed E-state index contributed by atoms with van der Waals surface area (Å²) in [5.41, 5.74) is 0. The molecule has 0 radical (unpaired) electrons. The van der Waals surface area contributed by atoms with Gasteiger partial charge < -0.3 is 25.5 Å². The van der Waals surface area contributed by atoms with Gasteiger partial charge in [-0.15, -0.1) is 0 Å². The van der Waals surface area contributed by atoms with E-state index in [0.29, 0.717) is 0 Å². The van der Waals surface area contributed by atoms with Crippen LogP contribution in [0.2, 0.25) is 0 Å². The van der Waals surface area contributed by atoms with Crippen LogP contribution in [0.25, 0.3) is 0 Å². The van der Waals surface area contributed by atoms with E-state index in [1.165, 1.54) is 27.9 Å². The van der Waals surface area contributed by atoms with Gasteiger partial charge in [-0.1, -0.05) is 0 Å². The number of imidazole rings is 1. The van der Waals surface area contributed by atoms with Crippen LogP contribution in [0.4, 0.5) is 0 Å². The first-order chi connectivity index (χ1) is 7.81. The van der Waals surface area contributed by atoms with E-state index in [1.54, 1.807) is 0 Å². The van der Waals surface area contributed by atoms with Crippen molar-refractivity contribution < 1.29 is 29.5 Å². The number of nitrogens with zero attached hydrogens (tertiary/aromatic N) is 3. The number of carboxylic acid groups (broad SMARTS) is 2. The van der Waals surface area contributed by atoms with Gasteiger partial charge in [0.2, 0.25) is 6.33 Å². The van der Waals surface area contributed by atoms with Crippen molar-refractivity contribution in [3.8, 4) is 0 Å². The van der Waals surface area contributed by atoms with Crippen LogP contribution in [0, 0.1) is 15.3 Å². The van der Waals surface area contributed by atoms with Crippen LogP contribution >= 0.6 is 0 Å². The monoisotopic (exact) mass is 247 g/mol. The Hall–Kier alpha value is -2.65. The van der Waals surface area contributed by atoms with Crippen molar-refractivity contribution >= 4 is 11.9 Å².